The van der Waals surface area contributed by atoms with Crippen LogP contribution in [0.15, 0.2) is 10.7 Å². The van der Waals surface area contributed by atoms with Gasteiger partial charge in [-0.25, -0.2) is 13.8 Å². The van der Waals surface area contributed by atoms with Crippen LogP contribution in [0.2, 0.25) is 0 Å². The molecule has 0 fully saturated rings. The van der Waals surface area contributed by atoms with Crippen molar-refractivity contribution in [3.8, 4) is 0 Å². The number of alkyl halides is 2. The van der Waals surface area contributed by atoms with E-state index in [1.165, 1.54) is 0 Å². The first kappa shape index (κ1) is 11.8. The minimum Gasteiger partial charge on any atom is -0.481 e. The highest BCUT2D eigenvalue weighted by atomic mass is 79.9. The molecule has 0 saturated carbocycles. The van der Waals surface area contributed by atoms with Crippen LogP contribution in [0.3, 0.4) is 0 Å². The molecule has 0 aliphatic carbocycles. The summed E-state index contributed by atoms with van der Waals surface area (Å²) in [5, 5.41) is 8.48. The molecule has 15 heavy (non-hydrogen) atoms. The van der Waals surface area contributed by atoms with Crippen LogP contribution >= 0.6 is 15.9 Å². The normalized spacial score (nSPS) is 10.7. The van der Waals surface area contributed by atoms with Gasteiger partial charge in [-0.1, -0.05) is 0 Å². The molecule has 3 N–H and O–H groups in total. The predicted molar refractivity (Wildman–Crippen MR) is 52.6 cm³/mol. The molecule has 0 amide bonds. The Morgan fingerprint density at radius 2 is 2.27 bits per heavy atom. The summed E-state index contributed by atoms with van der Waals surface area (Å²) < 4.78 is 24.7. The van der Waals surface area contributed by atoms with E-state index in [0.717, 1.165) is 6.07 Å². The molecule has 1 aromatic heterocycles. The standard InChI is InChI=1S/C8H7BrF2N2O2/c9-7-6(8(10)11)4(12)1-3(13-7)2-5(14)15/h1,8H,2H2,(H2,12,13)(H,14,15). The summed E-state index contributed by atoms with van der Waals surface area (Å²) >= 11 is 2.82. The van der Waals surface area contributed by atoms with E-state index in [9.17, 15) is 13.6 Å². The number of carboxylic acids is 1. The third-order valence-electron chi connectivity index (χ3n) is 1.65. The van der Waals surface area contributed by atoms with Gasteiger partial charge in [0.25, 0.3) is 6.43 Å². The zero-order valence-corrected chi connectivity index (χ0v) is 8.96. The third-order valence-corrected chi connectivity index (χ3v) is 2.25. The first-order valence-corrected chi connectivity index (χ1v) is 4.66. The second kappa shape index (κ2) is 4.52. The number of rotatable bonds is 3. The fraction of sp³-hybridized carbons (Fsp3) is 0.250. The quantitative estimate of drug-likeness (QED) is 0.831. The number of aliphatic carboxylic acids is 1. The van der Waals surface area contributed by atoms with Crippen LogP contribution in [0.1, 0.15) is 17.7 Å². The summed E-state index contributed by atoms with van der Waals surface area (Å²) in [4.78, 5) is 14.0. The average molecular weight is 281 g/mol. The molecule has 4 nitrogen and oxygen atoms in total. The van der Waals surface area contributed by atoms with E-state index in [4.69, 9.17) is 10.8 Å². The first-order chi connectivity index (χ1) is 6.91. The molecule has 0 unspecified atom stereocenters. The lowest BCUT2D eigenvalue weighted by Crippen LogP contribution is -2.06. The highest BCUT2D eigenvalue weighted by Gasteiger charge is 2.18. The van der Waals surface area contributed by atoms with Gasteiger partial charge in [0.2, 0.25) is 0 Å². The van der Waals surface area contributed by atoms with Gasteiger partial charge < -0.3 is 10.8 Å². The lowest BCUT2D eigenvalue weighted by molar-refractivity contribution is -0.136. The number of nitrogens with two attached hydrogens (primary N) is 1. The third kappa shape index (κ3) is 2.85. The number of carboxylic acid groups (broad SMARTS) is 1. The second-order valence-corrected chi connectivity index (χ2v) is 3.53. The van der Waals surface area contributed by atoms with E-state index in [1.54, 1.807) is 0 Å². The maximum absolute atomic E-state index is 12.4. The molecule has 1 aromatic rings. The topological polar surface area (TPSA) is 76.2 Å². The van der Waals surface area contributed by atoms with Crippen LogP contribution in [0.25, 0.3) is 0 Å². The summed E-state index contributed by atoms with van der Waals surface area (Å²) in [6.07, 6.45) is -3.10. The van der Waals surface area contributed by atoms with E-state index >= 15 is 0 Å². The van der Waals surface area contributed by atoms with Crippen LogP contribution in [-0.2, 0) is 11.2 Å². The molecule has 0 bridgehead atoms. The van der Waals surface area contributed by atoms with E-state index in [0.29, 0.717) is 0 Å². The van der Waals surface area contributed by atoms with Crippen molar-refractivity contribution in [3.63, 3.8) is 0 Å². The highest BCUT2D eigenvalue weighted by Crippen LogP contribution is 2.31. The molecule has 0 aliphatic rings. The predicted octanol–water partition coefficient (Wildman–Crippen LogP) is 1.99. The minimum absolute atomic E-state index is 0.117. The van der Waals surface area contributed by atoms with Gasteiger partial charge in [0.05, 0.1) is 17.7 Å². The summed E-state index contributed by atoms with van der Waals surface area (Å²) in [5.74, 6) is -1.10. The Labute approximate surface area is 92.2 Å². The molecular weight excluding hydrogens is 274 g/mol. The molecular formula is C8H7BrF2N2O2. The molecule has 0 aromatic carbocycles. The number of nitrogens with zero attached hydrogens (tertiary/aromatic N) is 1. The van der Waals surface area contributed by atoms with Crippen molar-refractivity contribution in [2.45, 2.75) is 12.8 Å². The van der Waals surface area contributed by atoms with E-state index in [1.807, 2.05) is 0 Å². The summed E-state index contributed by atoms with van der Waals surface area (Å²) in [5.41, 5.74) is 4.91. The van der Waals surface area contributed by atoms with Crippen LogP contribution < -0.4 is 5.73 Å². The number of aromatic nitrogens is 1. The zero-order valence-electron chi connectivity index (χ0n) is 7.38. The molecule has 0 radical (unpaired) electrons. The van der Waals surface area contributed by atoms with Crippen molar-refractivity contribution < 1.29 is 18.7 Å². The number of anilines is 1. The van der Waals surface area contributed by atoms with Crippen LogP contribution in [0, 0.1) is 0 Å². The molecule has 0 saturated heterocycles. The van der Waals surface area contributed by atoms with Crippen molar-refractivity contribution in [1.29, 1.82) is 0 Å². The Kier molecular flexibility index (Phi) is 3.57. The fourth-order valence-corrected chi connectivity index (χ4v) is 1.69. The largest absolute Gasteiger partial charge is 0.481 e. The van der Waals surface area contributed by atoms with Crippen LogP contribution in [0.4, 0.5) is 14.5 Å². The number of hydrogen-bond donors (Lipinski definition) is 2. The SMILES string of the molecule is Nc1cc(CC(=O)O)nc(Br)c1C(F)F. The smallest absolute Gasteiger partial charge is 0.309 e. The monoisotopic (exact) mass is 280 g/mol. The lowest BCUT2D eigenvalue weighted by atomic mass is 10.2. The molecule has 0 aliphatic heterocycles. The Hall–Kier alpha value is -1.24. The molecule has 0 spiro atoms. The Morgan fingerprint density at radius 3 is 2.67 bits per heavy atom. The van der Waals surface area contributed by atoms with Gasteiger partial charge in [-0.3, -0.25) is 4.79 Å². The van der Waals surface area contributed by atoms with Gasteiger partial charge in [-0.05, 0) is 22.0 Å². The van der Waals surface area contributed by atoms with Gasteiger partial charge in [0.1, 0.15) is 4.60 Å². The van der Waals surface area contributed by atoms with Crippen molar-refractivity contribution in [2.24, 2.45) is 0 Å². The van der Waals surface area contributed by atoms with Crippen LogP contribution in [0.5, 0.6) is 0 Å². The second-order valence-electron chi connectivity index (χ2n) is 2.78. The summed E-state index contributed by atoms with van der Waals surface area (Å²) in [6, 6.07) is 1.14. The molecule has 82 valence electrons. The van der Waals surface area contributed by atoms with Gasteiger partial charge in [-0.15, -0.1) is 0 Å². The number of carbonyl (C=O) groups is 1. The Balaban J connectivity index is 3.13. The highest BCUT2D eigenvalue weighted by molar-refractivity contribution is 9.10. The Morgan fingerprint density at radius 1 is 1.67 bits per heavy atom. The first-order valence-electron chi connectivity index (χ1n) is 3.86. The van der Waals surface area contributed by atoms with Crippen molar-refractivity contribution in [3.05, 3.63) is 21.9 Å². The zero-order chi connectivity index (χ0) is 11.6. The van der Waals surface area contributed by atoms with E-state index in [-0.39, 0.29) is 22.4 Å². The summed E-state index contributed by atoms with van der Waals surface area (Å²) in [7, 11) is 0. The van der Waals surface area contributed by atoms with Crippen molar-refractivity contribution in [1.82, 2.24) is 4.98 Å². The minimum atomic E-state index is -2.74. The summed E-state index contributed by atoms with van der Waals surface area (Å²) in [6.45, 7) is 0. The fourth-order valence-electron chi connectivity index (χ4n) is 1.06. The van der Waals surface area contributed by atoms with E-state index in [2.05, 4.69) is 20.9 Å². The maximum atomic E-state index is 12.4. The number of hydrogen-bond acceptors (Lipinski definition) is 3. The number of nitrogen functional groups attached to an aromatic ring is 1. The van der Waals surface area contributed by atoms with Crippen molar-refractivity contribution in [2.75, 3.05) is 5.73 Å². The molecule has 1 rings (SSSR count). The number of halogens is 3. The van der Waals surface area contributed by atoms with E-state index < -0.39 is 18.0 Å². The maximum Gasteiger partial charge on any atom is 0.309 e. The lowest BCUT2D eigenvalue weighted by Gasteiger charge is -2.08. The van der Waals surface area contributed by atoms with Gasteiger partial charge in [0.15, 0.2) is 0 Å². The average Bonchev–Trinajstić information content (AvgIpc) is 1.99. The van der Waals surface area contributed by atoms with Crippen LogP contribution in [-0.4, -0.2) is 16.1 Å². The van der Waals surface area contributed by atoms with Gasteiger partial charge in [-0.2, -0.15) is 0 Å². The Bertz CT molecular complexity index is 375. The molecule has 1 heterocycles. The number of pyridine rings is 1. The molecule has 0 atom stereocenters. The van der Waals surface area contributed by atoms with Crippen molar-refractivity contribution >= 4 is 27.6 Å². The van der Waals surface area contributed by atoms with Gasteiger partial charge in [0, 0.05) is 5.69 Å². The van der Waals surface area contributed by atoms with Gasteiger partial charge >= 0.3 is 5.97 Å². The molecule has 7 heteroatoms.